The second kappa shape index (κ2) is 3.76. The lowest BCUT2D eigenvalue weighted by molar-refractivity contribution is 0.281. The Labute approximate surface area is 83.6 Å². The van der Waals surface area contributed by atoms with E-state index < -0.39 is 0 Å². The Kier molecular flexibility index (Phi) is 2.46. The summed E-state index contributed by atoms with van der Waals surface area (Å²) in [6.07, 6.45) is 4.96. The van der Waals surface area contributed by atoms with Crippen LogP contribution >= 0.6 is 0 Å². The molecule has 72 valence electrons. The standard InChI is InChI=1S/C12H13NO/c1-9-4-2-6-11-10(8-14)5-3-7-12(11)13-9/h2-5,7,14H,6,8H2,1H3. The molecule has 1 aromatic rings. The molecule has 2 nitrogen and oxygen atoms in total. The van der Waals surface area contributed by atoms with Crippen LogP contribution in [0.5, 0.6) is 0 Å². The molecule has 0 saturated carbocycles. The maximum atomic E-state index is 9.18. The van der Waals surface area contributed by atoms with E-state index in [0.717, 1.165) is 28.9 Å². The summed E-state index contributed by atoms with van der Waals surface area (Å²) in [5, 5.41) is 9.18. The van der Waals surface area contributed by atoms with Crippen LogP contribution in [0, 0.1) is 0 Å². The molecule has 1 N–H and O–H groups in total. The van der Waals surface area contributed by atoms with Gasteiger partial charge in [-0.3, -0.25) is 4.99 Å². The van der Waals surface area contributed by atoms with Crippen LogP contribution in [0.1, 0.15) is 18.1 Å². The Morgan fingerprint density at radius 1 is 1.43 bits per heavy atom. The third-order valence-electron chi connectivity index (χ3n) is 2.40. The fraction of sp³-hybridized carbons (Fsp3) is 0.250. The van der Waals surface area contributed by atoms with E-state index in [1.807, 2.05) is 31.2 Å². The molecular weight excluding hydrogens is 174 g/mol. The summed E-state index contributed by atoms with van der Waals surface area (Å²) in [6, 6.07) is 5.88. The van der Waals surface area contributed by atoms with E-state index in [2.05, 4.69) is 11.1 Å². The van der Waals surface area contributed by atoms with Crippen molar-refractivity contribution in [2.45, 2.75) is 20.0 Å². The van der Waals surface area contributed by atoms with Gasteiger partial charge in [-0.25, -0.2) is 0 Å². The summed E-state index contributed by atoms with van der Waals surface area (Å²) in [5.41, 5.74) is 4.12. The predicted molar refractivity (Wildman–Crippen MR) is 58.0 cm³/mol. The molecule has 2 heteroatoms. The Bertz CT molecular complexity index is 405. The van der Waals surface area contributed by atoms with Gasteiger partial charge in [-0.15, -0.1) is 0 Å². The average molecular weight is 187 g/mol. The third-order valence-corrected chi connectivity index (χ3v) is 2.40. The van der Waals surface area contributed by atoms with Crippen molar-refractivity contribution in [1.29, 1.82) is 0 Å². The first-order valence-corrected chi connectivity index (χ1v) is 4.74. The quantitative estimate of drug-likeness (QED) is 0.719. The molecule has 1 aliphatic heterocycles. The molecule has 1 aromatic carbocycles. The van der Waals surface area contributed by atoms with E-state index in [1.165, 1.54) is 0 Å². The fourth-order valence-corrected chi connectivity index (χ4v) is 1.68. The zero-order valence-electron chi connectivity index (χ0n) is 8.20. The van der Waals surface area contributed by atoms with Gasteiger partial charge in [0.05, 0.1) is 12.3 Å². The lowest BCUT2D eigenvalue weighted by Gasteiger charge is -2.07. The summed E-state index contributed by atoms with van der Waals surface area (Å²) in [4.78, 5) is 4.47. The van der Waals surface area contributed by atoms with E-state index in [0.29, 0.717) is 0 Å². The van der Waals surface area contributed by atoms with Crippen molar-refractivity contribution in [3.05, 3.63) is 41.5 Å². The first-order valence-electron chi connectivity index (χ1n) is 4.74. The summed E-state index contributed by atoms with van der Waals surface area (Å²) in [6.45, 7) is 2.07. The van der Waals surface area contributed by atoms with Crippen LogP contribution in [0.3, 0.4) is 0 Å². The van der Waals surface area contributed by atoms with Gasteiger partial charge in [0.2, 0.25) is 0 Å². The van der Waals surface area contributed by atoms with Crippen molar-refractivity contribution in [3.8, 4) is 0 Å². The molecule has 0 unspecified atom stereocenters. The molecule has 0 saturated heterocycles. The minimum atomic E-state index is 0.0889. The molecule has 0 aromatic heterocycles. The van der Waals surface area contributed by atoms with Gasteiger partial charge in [0.25, 0.3) is 0 Å². The SMILES string of the molecule is CC1=Nc2cccc(CO)c2CC=C1. The zero-order valence-corrected chi connectivity index (χ0v) is 8.20. The number of nitrogens with zero attached hydrogens (tertiary/aromatic N) is 1. The molecule has 14 heavy (non-hydrogen) atoms. The Morgan fingerprint density at radius 3 is 3.07 bits per heavy atom. The first-order chi connectivity index (χ1) is 6.81. The van der Waals surface area contributed by atoms with E-state index in [1.54, 1.807) is 0 Å². The molecule has 1 heterocycles. The monoisotopic (exact) mass is 187 g/mol. The number of hydrogen-bond donors (Lipinski definition) is 1. The zero-order chi connectivity index (χ0) is 9.97. The van der Waals surface area contributed by atoms with E-state index in [9.17, 15) is 5.11 Å². The summed E-state index contributed by atoms with van der Waals surface area (Å²) < 4.78 is 0. The molecule has 2 rings (SSSR count). The van der Waals surface area contributed by atoms with Gasteiger partial charge in [0.15, 0.2) is 0 Å². The third kappa shape index (κ3) is 1.61. The largest absolute Gasteiger partial charge is 0.392 e. The van der Waals surface area contributed by atoms with E-state index in [-0.39, 0.29) is 6.61 Å². The van der Waals surface area contributed by atoms with Crippen molar-refractivity contribution in [1.82, 2.24) is 0 Å². The number of fused-ring (bicyclic) bond motifs is 1. The van der Waals surface area contributed by atoms with Gasteiger partial charge in [-0.1, -0.05) is 18.2 Å². The molecule has 1 aliphatic rings. The maximum Gasteiger partial charge on any atom is 0.0685 e. The highest BCUT2D eigenvalue weighted by atomic mass is 16.3. The summed E-state index contributed by atoms with van der Waals surface area (Å²) in [7, 11) is 0. The van der Waals surface area contributed by atoms with Gasteiger partial charge >= 0.3 is 0 Å². The predicted octanol–water partition coefficient (Wildman–Crippen LogP) is 2.38. The Hall–Kier alpha value is -1.41. The van der Waals surface area contributed by atoms with Crippen LogP contribution in [0.25, 0.3) is 0 Å². The lowest BCUT2D eigenvalue weighted by atomic mass is 10.0. The molecule has 0 radical (unpaired) electrons. The second-order valence-corrected chi connectivity index (χ2v) is 3.43. The second-order valence-electron chi connectivity index (χ2n) is 3.43. The van der Waals surface area contributed by atoms with Crippen LogP contribution in [0.2, 0.25) is 0 Å². The molecule has 0 amide bonds. The van der Waals surface area contributed by atoms with Crippen molar-refractivity contribution >= 4 is 11.4 Å². The smallest absolute Gasteiger partial charge is 0.0685 e. The fourth-order valence-electron chi connectivity index (χ4n) is 1.68. The lowest BCUT2D eigenvalue weighted by Crippen LogP contribution is -1.92. The molecule has 0 bridgehead atoms. The Balaban J connectivity index is 2.57. The van der Waals surface area contributed by atoms with Crippen LogP contribution in [-0.2, 0) is 13.0 Å². The summed E-state index contributed by atoms with van der Waals surface area (Å²) >= 11 is 0. The van der Waals surface area contributed by atoms with Crippen LogP contribution in [0.4, 0.5) is 5.69 Å². The molecule has 0 fully saturated rings. The number of hydrogen-bond acceptors (Lipinski definition) is 2. The Morgan fingerprint density at radius 2 is 2.29 bits per heavy atom. The summed E-state index contributed by atoms with van der Waals surface area (Å²) in [5.74, 6) is 0. The van der Waals surface area contributed by atoms with Crippen molar-refractivity contribution in [2.75, 3.05) is 0 Å². The molecule has 0 aliphatic carbocycles. The minimum absolute atomic E-state index is 0.0889. The number of benzene rings is 1. The van der Waals surface area contributed by atoms with Crippen molar-refractivity contribution in [3.63, 3.8) is 0 Å². The highest BCUT2D eigenvalue weighted by Gasteiger charge is 2.07. The van der Waals surface area contributed by atoms with E-state index in [4.69, 9.17) is 0 Å². The highest BCUT2D eigenvalue weighted by Crippen LogP contribution is 2.26. The molecule has 0 atom stereocenters. The topological polar surface area (TPSA) is 32.6 Å². The van der Waals surface area contributed by atoms with Gasteiger partial charge in [0, 0.05) is 5.71 Å². The van der Waals surface area contributed by atoms with Crippen molar-refractivity contribution < 1.29 is 5.11 Å². The average Bonchev–Trinajstić information content (AvgIpc) is 2.37. The number of aliphatic imine (C=N–C) groups is 1. The normalized spacial score (nSPS) is 14.6. The van der Waals surface area contributed by atoms with Gasteiger partial charge in [0.1, 0.15) is 0 Å². The van der Waals surface area contributed by atoms with Crippen LogP contribution in [0.15, 0.2) is 35.3 Å². The maximum absolute atomic E-state index is 9.18. The highest BCUT2D eigenvalue weighted by molar-refractivity contribution is 5.95. The molecular formula is C12H13NO. The number of rotatable bonds is 1. The van der Waals surface area contributed by atoms with Gasteiger partial charge in [-0.2, -0.15) is 0 Å². The van der Waals surface area contributed by atoms with Crippen molar-refractivity contribution in [2.24, 2.45) is 4.99 Å². The number of aliphatic hydroxyl groups excluding tert-OH is 1. The van der Waals surface area contributed by atoms with Gasteiger partial charge in [-0.05, 0) is 36.6 Å². The van der Waals surface area contributed by atoms with Crippen LogP contribution in [-0.4, -0.2) is 10.8 Å². The van der Waals surface area contributed by atoms with E-state index >= 15 is 0 Å². The molecule has 0 spiro atoms. The van der Waals surface area contributed by atoms with Crippen LogP contribution < -0.4 is 0 Å². The van der Waals surface area contributed by atoms with Gasteiger partial charge < -0.3 is 5.11 Å². The number of aliphatic hydroxyl groups is 1. The minimum Gasteiger partial charge on any atom is -0.392 e. The number of allylic oxidation sites excluding steroid dienone is 2. The first kappa shape index (κ1) is 9.16.